The number of carbonyl (C=O) groups is 3. The smallest absolute Gasteiger partial charge is 0.302 e. The summed E-state index contributed by atoms with van der Waals surface area (Å²) in [5.41, 5.74) is 6.46. The minimum Gasteiger partial charge on any atom is -0.462 e. The molecule has 1 amide bonds. The molecule has 5 nitrogen and oxygen atoms in total. The number of hydrogen-bond donors (Lipinski definition) is 0. The van der Waals surface area contributed by atoms with Crippen molar-refractivity contribution < 1.29 is 19.1 Å². The van der Waals surface area contributed by atoms with E-state index < -0.39 is 0 Å². The van der Waals surface area contributed by atoms with Gasteiger partial charge in [-0.1, -0.05) is 36.8 Å². The fourth-order valence-corrected chi connectivity index (χ4v) is 7.76. The first kappa shape index (κ1) is 25.9. The second kappa shape index (κ2) is 9.89. The summed E-state index contributed by atoms with van der Waals surface area (Å²) in [6.45, 7) is 7.93. The van der Waals surface area contributed by atoms with Gasteiger partial charge in [-0.15, -0.1) is 0 Å². The van der Waals surface area contributed by atoms with Crippen molar-refractivity contribution in [3.8, 4) is 0 Å². The Morgan fingerprint density at radius 3 is 2.49 bits per heavy atom. The number of likely N-dealkylation sites (N-methyl/N-ethyl adjacent to an activating group) is 1. The highest BCUT2D eigenvalue weighted by atomic mass is 16.5. The van der Waals surface area contributed by atoms with Crippen LogP contribution in [0.5, 0.6) is 0 Å². The molecule has 0 bridgehead atoms. The lowest BCUT2D eigenvalue weighted by Gasteiger charge is -2.52. The summed E-state index contributed by atoms with van der Waals surface area (Å²) < 4.78 is 5.92. The largest absolute Gasteiger partial charge is 0.462 e. The number of esters is 1. The number of ether oxygens (including phenoxy) is 1. The highest BCUT2D eigenvalue weighted by Gasteiger charge is 2.57. The van der Waals surface area contributed by atoms with Crippen LogP contribution in [0, 0.1) is 17.3 Å². The van der Waals surface area contributed by atoms with Crippen molar-refractivity contribution in [1.29, 1.82) is 0 Å². The molecule has 5 atom stereocenters. The van der Waals surface area contributed by atoms with Gasteiger partial charge in [0.15, 0.2) is 5.78 Å². The quantitative estimate of drug-likeness (QED) is 0.468. The first-order valence-electron chi connectivity index (χ1n) is 14.1. The molecule has 0 spiro atoms. The number of fused-ring (bicyclic) bond motifs is 4. The zero-order chi connectivity index (χ0) is 26.5. The predicted octanol–water partition coefficient (Wildman–Crippen LogP) is 5.93. The lowest BCUT2D eigenvalue weighted by atomic mass is 9.53. The molecule has 198 valence electrons. The molecule has 0 saturated heterocycles. The molecule has 1 aromatic rings. The van der Waals surface area contributed by atoms with Crippen LogP contribution in [0.2, 0.25) is 0 Å². The van der Waals surface area contributed by atoms with E-state index >= 15 is 0 Å². The molecule has 0 unspecified atom stereocenters. The lowest BCUT2D eigenvalue weighted by molar-refractivity contribution is -0.154. The highest BCUT2D eigenvalue weighted by molar-refractivity contribution is 5.93. The third kappa shape index (κ3) is 4.70. The van der Waals surface area contributed by atoms with Gasteiger partial charge < -0.3 is 9.64 Å². The van der Waals surface area contributed by atoms with Gasteiger partial charge in [0.25, 0.3) is 0 Å². The van der Waals surface area contributed by atoms with Gasteiger partial charge in [0.2, 0.25) is 5.91 Å². The van der Waals surface area contributed by atoms with E-state index in [-0.39, 0.29) is 41.1 Å². The summed E-state index contributed by atoms with van der Waals surface area (Å²) in [5, 5.41) is 0. The maximum Gasteiger partial charge on any atom is 0.302 e. The molecule has 5 heteroatoms. The van der Waals surface area contributed by atoms with Crippen molar-refractivity contribution in [3.05, 3.63) is 58.2 Å². The van der Waals surface area contributed by atoms with Gasteiger partial charge in [0, 0.05) is 37.8 Å². The van der Waals surface area contributed by atoms with Crippen molar-refractivity contribution in [2.75, 3.05) is 7.05 Å². The fraction of sp³-hybridized carbons (Fsp3) is 0.594. The fourth-order valence-electron chi connectivity index (χ4n) is 7.76. The van der Waals surface area contributed by atoms with Gasteiger partial charge in [-0.25, -0.2) is 0 Å². The number of nitrogens with zero attached hydrogens (tertiary/aromatic N) is 1. The molecule has 2 saturated carbocycles. The van der Waals surface area contributed by atoms with Crippen LogP contribution < -0.4 is 0 Å². The van der Waals surface area contributed by atoms with E-state index in [0.717, 1.165) is 44.1 Å². The third-order valence-electron chi connectivity index (χ3n) is 9.86. The predicted molar refractivity (Wildman–Crippen MR) is 144 cm³/mol. The van der Waals surface area contributed by atoms with Crippen molar-refractivity contribution in [3.63, 3.8) is 0 Å². The summed E-state index contributed by atoms with van der Waals surface area (Å²) in [6, 6.07) is 8.81. The van der Waals surface area contributed by atoms with Crippen molar-refractivity contribution in [2.24, 2.45) is 17.3 Å². The van der Waals surface area contributed by atoms with Gasteiger partial charge in [0.05, 0.1) is 6.42 Å². The van der Waals surface area contributed by atoms with Gasteiger partial charge in [-0.2, -0.15) is 0 Å². The van der Waals surface area contributed by atoms with E-state index in [0.29, 0.717) is 24.7 Å². The molecular formula is C32H41NO4. The van der Waals surface area contributed by atoms with Gasteiger partial charge >= 0.3 is 5.97 Å². The lowest BCUT2D eigenvalue weighted by Crippen LogP contribution is -2.46. The molecule has 0 N–H and O–H groups in total. The zero-order valence-electron chi connectivity index (χ0n) is 23.0. The van der Waals surface area contributed by atoms with Gasteiger partial charge in [0.1, 0.15) is 6.10 Å². The number of rotatable bonds is 5. The first-order chi connectivity index (χ1) is 17.6. The number of amides is 1. The Kier molecular flexibility index (Phi) is 6.93. The molecular weight excluding hydrogens is 462 g/mol. The molecule has 0 radical (unpaired) electrons. The standard InChI is InChI=1S/C32H41NO4/c1-19(2)33(5)30(36)16-21-6-8-22(9-7-21)27-18-32(4)28(14-15-29(32)37-20(3)34)26-12-10-23-17-24(35)11-13-25(23)31(26)27/h6-9,17,19,26-29H,10-16,18H2,1-5H3/t26-,27+,28-,29-,32-/m0/s1. The molecule has 1 aromatic carbocycles. The minimum absolute atomic E-state index is 0.0441. The van der Waals surface area contributed by atoms with Crippen LogP contribution in [-0.2, 0) is 25.5 Å². The topological polar surface area (TPSA) is 63.7 Å². The molecule has 5 rings (SSSR count). The summed E-state index contributed by atoms with van der Waals surface area (Å²) in [4.78, 5) is 38.7. The van der Waals surface area contributed by atoms with Crippen LogP contribution in [0.25, 0.3) is 0 Å². The molecule has 0 heterocycles. The van der Waals surface area contributed by atoms with Gasteiger partial charge in [-0.3, -0.25) is 14.4 Å². The Morgan fingerprint density at radius 2 is 1.81 bits per heavy atom. The summed E-state index contributed by atoms with van der Waals surface area (Å²) in [5.74, 6) is 1.39. The molecule has 4 aliphatic carbocycles. The van der Waals surface area contributed by atoms with Crippen LogP contribution in [0.15, 0.2) is 47.1 Å². The van der Waals surface area contributed by atoms with E-state index in [1.165, 1.54) is 23.6 Å². The van der Waals surface area contributed by atoms with E-state index in [9.17, 15) is 14.4 Å². The Balaban J connectivity index is 1.52. The van der Waals surface area contributed by atoms with E-state index in [1.54, 1.807) is 10.5 Å². The average molecular weight is 504 g/mol. The minimum atomic E-state index is -0.187. The number of hydrogen-bond acceptors (Lipinski definition) is 4. The Morgan fingerprint density at radius 1 is 1.08 bits per heavy atom. The van der Waals surface area contributed by atoms with Crippen LogP contribution in [0.4, 0.5) is 0 Å². The van der Waals surface area contributed by atoms with Crippen molar-refractivity contribution in [1.82, 2.24) is 4.90 Å². The number of carbonyl (C=O) groups excluding carboxylic acids is 3. The molecule has 0 aromatic heterocycles. The zero-order valence-corrected chi connectivity index (χ0v) is 23.0. The monoisotopic (exact) mass is 503 g/mol. The normalized spacial score (nSPS) is 30.9. The summed E-state index contributed by atoms with van der Waals surface area (Å²) >= 11 is 0. The maximum atomic E-state index is 12.6. The third-order valence-corrected chi connectivity index (χ3v) is 9.86. The van der Waals surface area contributed by atoms with Crippen LogP contribution >= 0.6 is 0 Å². The van der Waals surface area contributed by atoms with Crippen LogP contribution in [0.3, 0.4) is 0 Å². The Labute approximate surface area is 221 Å². The molecule has 37 heavy (non-hydrogen) atoms. The Bertz CT molecular complexity index is 1160. The molecule has 4 aliphatic rings. The van der Waals surface area contributed by atoms with E-state index in [1.807, 2.05) is 27.0 Å². The maximum absolute atomic E-state index is 12.6. The van der Waals surface area contributed by atoms with Crippen LogP contribution in [0.1, 0.15) is 89.7 Å². The van der Waals surface area contributed by atoms with Gasteiger partial charge in [-0.05, 0) is 92.6 Å². The van der Waals surface area contributed by atoms with Crippen LogP contribution in [-0.4, -0.2) is 41.8 Å². The van der Waals surface area contributed by atoms with E-state index in [2.05, 4.69) is 31.2 Å². The molecule has 0 aliphatic heterocycles. The first-order valence-corrected chi connectivity index (χ1v) is 14.1. The highest BCUT2D eigenvalue weighted by Crippen LogP contribution is 2.64. The summed E-state index contributed by atoms with van der Waals surface area (Å²) in [7, 11) is 1.86. The number of benzene rings is 1. The second-order valence-corrected chi connectivity index (χ2v) is 12.3. The summed E-state index contributed by atoms with van der Waals surface area (Å²) in [6.07, 6.45) is 8.71. The number of allylic oxidation sites excluding steroid dienone is 4. The molecule has 2 fully saturated rings. The Hall–Kier alpha value is -2.69. The average Bonchev–Trinajstić information content (AvgIpc) is 3.18. The van der Waals surface area contributed by atoms with Crippen molar-refractivity contribution in [2.45, 2.75) is 97.1 Å². The SMILES string of the molecule is CC(=O)O[C@H]1CC[C@H]2[C@@H]3CCC4=CC(=O)CCC4=C3[C@@H](c3ccc(CC(=O)N(C)C(C)C)cc3)C[C@]12C. The van der Waals surface area contributed by atoms with E-state index in [4.69, 9.17) is 4.74 Å². The van der Waals surface area contributed by atoms with Crippen molar-refractivity contribution >= 4 is 17.7 Å². The number of ketones is 1. The second-order valence-electron chi connectivity index (χ2n) is 12.3.